The number of ether oxygens (including phenoxy) is 1. The number of thioether (sulfide) groups is 1. The van der Waals surface area contributed by atoms with E-state index < -0.39 is 33.4 Å². The third kappa shape index (κ3) is 4.20. The van der Waals surface area contributed by atoms with Gasteiger partial charge in [0.25, 0.3) is 0 Å². The summed E-state index contributed by atoms with van der Waals surface area (Å²) in [5, 5.41) is 15.8. The van der Waals surface area contributed by atoms with E-state index in [4.69, 9.17) is 4.74 Å². The number of aliphatic hydroxyl groups is 1. The first kappa shape index (κ1) is 26.8. The van der Waals surface area contributed by atoms with Crippen molar-refractivity contribution >= 4 is 46.0 Å². The van der Waals surface area contributed by atoms with Gasteiger partial charge in [0.05, 0.1) is 35.8 Å². The van der Waals surface area contributed by atoms with Crippen molar-refractivity contribution in [2.45, 2.75) is 54.7 Å². The monoisotopic (exact) mass is 558 g/mol. The Balaban J connectivity index is 1.41. The Morgan fingerprint density at radius 2 is 1.80 bits per heavy atom. The molecule has 40 heavy (non-hydrogen) atoms. The first-order valence-corrected chi connectivity index (χ1v) is 14.8. The van der Waals surface area contributed by atoms with Crippen molar-refractivity contribution in [3.05, 3.63) is 78.4 Å². The lowest BCUT2D eigenvalue weighted by Gasteiger charge is -2.37. The minimum Gasteiger partial charge on any atom is -0.466 e. The number of hydrogen-bond donors (Lipinski definition) is 2. The van der Waals surface area contributed by atoms with Crippen LogP contribution in [0.25, 0.3) is 10.8 Å². The average molecular weight is 559 g/mol. The molecule has 0 aromatic heterocycles. The summed E-state index contributed by atoms with van der Waals surface area (Å²) in [6, 6.07) is 21.9. The Hall–Kier alpha value is -3.36. The first-order valence-electron chi connectivity index (χ1n) is 13.9. The van der Waals surface area contributed by atoms with Gasteiger partial charge in [-0.2, -0.15) is 0 Å². The molecule has 7 nitrogen and oxygen atoms in total. The summed E-state index contributed by atoms with van der Waals surface area (Å²) in [4.78, 5) is 43.6. The summed E-state index contributed by atoms with van der Waals surface area (Å²) in [5.74, 6) is -2.25. The number of rotatable bonds is 8. The third-order valence-corrected chi connectivity index (χ3v) is 10.9. The highest BCUT2D eigenvalue weighted by atomic mass is 32.2. The van der Waals surface area contributed by atoms with Gasteiger partial charge >= 0.3 is 5.97 Å². The van der Waals surface area contributed by atoms with E-state index in [-0.39, 0.29) is 31.0 Å². The molecule has 1 spiro atoms. The van der Waals surface area contributed by atoms with Crippen LogP contribution < -0.4 is 5.32 Å². The van der Waals surface area contributed by atoms with Crippen molar-refractivity contribution in [2.24, 2.45) is 11.8 Å². The van der Waals surface area contributed by atoms with E-state index in [9.17, 15) is 19.5 Å². The number of carbonyl (C=O) groups is 3. The normalized spacial score (nSPS) is 29.4. The molecule has 3 saturated heterocycles. The SMILES string of the molecule is CCOC(=O)[C@H]1[C@H]2C(=O)N([C@@H](CO)Cc3ccccc3)C(C(=O)Nc3ccc4ccccc4c3)C23CC[C@]1(C)S3. The van der Waals surface area contributed by atoms with E-state index >= 15 is 0 Å². The van der Waals surface area contributed by atoms with Crippen LogP contribution >= 0.6 is 11.8 Å². The van der Waals surface area contributed by atoms with Crippen LogP contribution in [0.15, 0.2) is 72.8 Å². The molecule has 3 aliphatic heterocycles. The van der Waals surface area contributed by atoms with Gasteiger partial charge in [0.2, 0.25) is 11.8 Å². The van der Waals surface area contributed by atoms with Crippen molar-refractivity contribution in [1.82, 2.24) is 4.90 Å². The van der Waals surface area contributed by atoms with Crippen LogP contribution in [0.4, 0.5) is 5.69 Å². The number of carbonyl (C=O) groups excluding carboxylic acids is 3. The Morgan fingerprint density at radius 1 is 1.07 bits per heavy atom. The van der Waals surface area contributed by atoms with E-state index in [0.29, 0.717) is 24.9 Å². The number of esters is 1. The van der Waals surface area contributed by atoms with Gasteiger partial charge in [0.15, 0.2) is 0 Å². The second-order valence-electron chi connectivity index (χ2n) is 11.3. The van der Waals surface area contributed by atoms with Crippen LogP contribution in [0.2, 0.25) is 0 Å². The lowest BCUT2D eigenvalue weighted by molar-refractivity contribution is -0.155. The molecule has 2 bridgehead atoms. The number of fused-ring (bicyclic) bond motifs is 2. The van der Waals surface area contributed by atoms with E-state index in [1.165, 1.54) is 0 Å². The summed E-state index contributed by atoms with van der Waals surface area (Å²) in [6.45, 7) is 3.72. The molecule has 6 atom stereocenters. The average Bonchev–Trinajstić information content (AvgIpc) is 3.53. The van der Waals surface area contributed by atoms with Gasteiger partial charge in [-0.25, -0.2) is 0 Å². The van der Waals surface area contributed by atoms with Gasteiger partial charge < -0.3 is 20.1 Å². The fraction of sp³-hybridized carbons (Fsp3) is 0.406. The number of anilines is 1. The molecular formula is C32H34N2O5S. The molecule has 0 aliphatic carbocycles. The zero-order valence-electron chi connectivity index (χ0n) is 22.7. The Kier molecular flexibility index (Phi) is 6.87. The van der Waals surface area contributed by atoms with E-state index in [1.807, 2.05) is 79.7 Å². The molecule has 2 unspecified atom stereocenters. The summed E-state index contributed by atoms with van der Waals surface area (Å²) >= 11 is 1.60. The van der Waals surface area contributed by atoms with Crippen LogP contribution in [-0.4, -0.2) is 62.6 Å². The molecule has 6 rings (SSSR count). The minimum atomic E-state index is -0.844. The predicted octanol–water partition coefficient (Wildman–Crippen LogP) is 4.43. The first-order chi connectivity index (χ1) is 19.3. The van der Waals surface area contributed by atoms with E-state index in [0.717, 1.165) is 16.3 Å². The zero-order valence-corrected chi connectivity index (χ0v) is 23.5. The van der Waals surface area contributed by atoms with Crippen molar-refractivity contribution in [3.63, 3.8) is 0 Å². The van der Waals surface area contributed by atoms with Crippen LogP contribution in [0.3, 0.4) is 0 Å². The number of aliphatic hydroxyl groups excluding tert-OH is 1. The topological polar surface area (TPSA) is 95.9 Å². The largest absolute Gasteiger partial charge is 0.466 e. The second-order valence-corrected chi connectivity index (χ2v) is 13.2. The number of nitrogens with zero attached hydrogens (tertiary/aromatic N) is 1. The molecule has 3 fully saturated rings. The maximum atomic E-state index is 14.4. The van der Waals surface area contributed by atoms with Gasteiger partial charge in [-0.1, -0.05) is 60.7 Å². The fourth-order valence-electron chi connectivity index (χ4n) is 7.26. The molecule has 208 valence electrons. The maximum absolute atomic E-state index is 14.4. The van der Waals surface area contributed by atoms with Crippen molar-refractivity contribution < 1.29 is 24.2 Å². The maximum Gasteiger partial charge on any atom is 0.311 e. The lowest BCUT2D eigenvalue weighted by atomic mass is 9.66. The second kappa shape index (κ2) is 10.2. The number of hydrogen-bond acceptors (Lipinski definition) is 6. The Labute approximate surface area is 238 Å². The molecule has 0 saturated carbocycles. The Bertz CT molecular complexity index is 1460. The molecule has 3 aromatic rings. The highest BCUT2D eigenvalue weighted by Crippen LogP contribution is 2.71. The summed E-state index contributed by atoms with van der Waals surface area (Å²) in [5.41, 5.74) is 1.61. The fourth-order valence-corrected chi connectivity index (χ4v) is 9.59. The smallest absolute Gasteiger partial charge is 0.311 e. The third-order valence-electron chi connectivity index (χ3n) is 8.94. The van der Waals surface area contributed by atoms with Gasteiger partial charge in [-0.3, -0.25) is 14.4 Å². The van der Waals surface area contributed by atoms with Crippen molar-refractivity contribution in [2.75, 3.05) is 18.5 Å². The zero-order chi connectivity index (χ0) is 28.1. The predicted molar refractivity (Wildman–Crippen MR) is 156 cm³/mol. The van der Waals surface area contributed by atoms with Crippen LogP contribution in [0.1, 0.15) is 32.3 Å². The number of benzene rings is 3. The molecule has 3 aliphatic rings. The quantitative estimate of drug-likeness (QED) is 0.398. The number of amides is 2. The summed E-state index contributed by atoms with van der Waals surface area (Å²) in [6.07, 6.45) is 1.74. The highest BCUT2D eigenvalue weighted by Gasteiger charge is 2.78. The molecule has 8 heteroatoms. The van der Waals surface area contributed by atoms with Crippen LogP contribution in [0.5, 0.6) is 0 Å². The van der Waals surface area contributed by atoms with Gasteiger partial charge in [0, 0.05) is 10.4 Å². The lowest BCUT2D eigenvalue weighted by Crippen LogP contribution is -2.55. The standard InChI is InChI=1S/C32H34N2O5S/c1-3-39-30(38)26-25-29(37)34(24(19-35)17-20-9-5-4-6-10-20)27(32(25)16-15-31(26,2)40-32)28(36)33-23-14-13-21-11-7-8-12-22(21)18-23/h4-14,18,24-27,35H,3,15-17,19H2,1-2H3,(H,33,36)/t24-,25+,26-,27?,31+,32?/m1/s1. The molecular weight excluding hydrogens is 524 g/mol. The van der Waals surface area contributed by atoms with E-state index in [1.54, 1.807) is 23.6 Å². The van der Waals surface area contributed by atoms with Gasteiger partial charge in [-0.05, 0) is 61.6 Å². The number of likely N-dealkylation sites (tertiary alicyclic amines) is 1. The number of nitrogens with one attached hydrogen (secondary N) is 1. The van der Waals surface area contributed by atoms with E-state index in [2.05, 4.69) is 5.32 Å². The van der Waals surface area contributed by atoms with Crippen molar-refractivity contribution in [3.8, 4) is 0 Å². The molecule has 2 amide bonds. The Morgan fingerprint density at radius 3 is 2.52 bits per heavy atom. The van der Waals surface area contributed by atoms with Gasteiger partial charge in [0.1, 0.15) is 6.04 Å². The summed E-state index contributed by atoms with van der Waals surface area (Å²) in [7, 11) is 0. The molecule has 3 aromatic carbocycles. The van der Waals surface area contributed by atoms with Crippen molar-refractivity contribution in [1.29, 1.82) is 0 Å². The highest BCUT2D eigenvalue weighted by molar-refractivity contribution is 8.02. The molecule has 3 heterocycles. The van der Waals surface area contributed by atoms with Gasteiger partial charge in [-0.15, -0.1) is 11.8 Å². The molecule has 2 N–H and O–H groups in total. The molecule has 0 radical (unpaired) electrons. The summed E-state index contributed by atoms with van der Waals surface area (Å²) < 4.78 is 4.20. The minimum absolute atomic E-state index is 0.229. The van der Waals surface area contributed by atoms with Crippen LogP contribution in [-0.2, 0) is 25.5 Å². The van der Waals surface area contributed by atoms with Crippen LogP contribution in [0, 0.1) is 11.8 Å².